The Labute approximate surface area is 108 Å². The molecule has 0 saturated carbocycles. The molecule has 2 aromatic heterocycles. The third-order valence-electron chi connectivity index (χ3n) is 2.18. The van der Waals surface area contributed by atoms with Crippen molar-refractivity contribution in [1.29, 1.82) is 0 Å². The largest absolute Gasteiger partial charge is 0.382 e. The van der Waals surface area contributed by atoms with Gasteiger partial charge in [0.05, 0.1) is 17.1 Å². The van der Waals surface area contributed by atoms with Gasteiger partial charge in [-0.05, 0) is 12.1 Å². The molecule has 2 rings (SSSR count). The van der Waals surface area contributed by atoms with Crippen molar-refractivity contribution in [2.75, 3.05) is 17.6 Å². The van der Waals surface area contributed by atoms with Gasteiger partial charge in [0, 0.05) is 11.8 Å². The van der Waals surface area contributed by atoms with Crippen LogP contribution in [-0.2, 0) is 0 Å². The number of nitrogens with zero attached hydrogens (tertiary/aromatic N) is 2. The molecular weight excluding hydrogens is 248 g/mol. The van der Waals surface area contributed by atoms with Crippen LogP contribution in [0.15, 0.2) is 18.3 Å². The van der Waals surface area contributed by atoms with E-state index in [4.69, 9.17) is 12.2 Å². The molecule has 18 heavy (non-hydrogen) atoms. The number of carbonyl (C=O) groups is 1. The average molecular weight is 258 g/mol. The van der Waals surface area contributed by atoms with Crippen molar-refractivity contribution in [3.63, 3.8) is 0 Å². The molecule has 0 aliphatic rings. The molecule has 2 aromatic rings. The van der Waals surface area contributed by atoms with Crippen LogP contribution in [0.3, 0.4) is 0 Å². The number of terminal acetylenes is 1. The standard InChI is InChI=1S/C12H10N4OS/c1-2-5-15-12-16-11(13)10(18-12)9-8(7-17)4-3-6-14-9/h1,3-4,6-7H,5,13H2,(H,15,16). The van der Waals surface area contributed by atoms with Gasteiger partial charge in [0.1, 0.15) is 5.82 Å². The number of nitrogens with one attached hydrogen (secondary N) is 1. The van der Waals surface area contributed by atoms with Crippen LogP contribution in [0.2, 0.25) is 0 Å². The predicted octanol–water partition coefficient (Wildman–Crippen LogP) is 1.64. The number of aromatic nitrogens is 2. The number of aldehydes is 1. The van der Waals surface area contributed by atoms with Crippen molar-refractivity contribution in [2.24, 2.45) is 0 Å². The van der Waals surface area contributed by atoms with Gasteiger partial charge in [0.25, 0.3) is 0 Å². The number of thiazole rings is 1. The van der Waals surface area contributed by atoms with Crippen LogP contribution in [-0.4, -0.2) is 22.8 Å². The van der Waals surface area contributed by atoms with E-state index in [-0.39, 0.29) is 0 Å². The van der Waals surface area contributed by atoms with E-state index in [1.54, 1.807) is 18.3 Å². The maximum atomic E-state index is 11.0. The molecule has 3 N–H and O–H groups in total. The molecule has 0 atom stereocenters. The summed E-state index contributed by atoms with van der Waals surface area (Å²) in [5, 5.41) is 3.55. The third-order valence-corrected chi connectivity index (χ3v) is 3.21. The van der Waals surface area contributed by atoms with Crippen molar-refractivity contribution >= 4 is 28.6 Å². The highest BCUT2D eigenvalue weighted by Crippen LogP contribution is 2.34. The number of hydrogen-bond donors (Lipinski definition) is 2. The van der Waals surface area contributed by atoms with E-state index in [9.17, 15) is 4.79 Å². The highest BCUT2D eigenvalue weighted by molar-refractivity contribution is 7.19. The molecule has 90 valence electrons. The monoisotopic (exact) mass is 258 g/mol. The molecule has 0 spiro atoms. The Morgan fingerprint density at radius 1 is 1.61 bits per heavy atom. The molecule has 6 heteroatoms. The van der Waals surface area contributed by atoms with Crippen molar-refractivity contribution in [1.82, 2.24) is 9.97 Å². The Kier molecular flexibility index (Phi) is 3.55. The second-order valence-electron chi connectivity index (χ2n) is 3.35. The number of rotatable bonds is 4. The number of nitrogens with two attached hydrogens (primary N) is 1. The van der Waals surface area contributed by atoms with Crippen LogP contribution in [0.5, 0.6) is 0 Å². The molecule has 0 aliphatic carbocycles. The van der Waals surface area contributed by atoms with Gasteiger partial charge < -0.3 is 11.1 Å². The molecule has 0 aliphatic heterocycles. The summed E-state index contributed by atoms with van der Waals surface area (Å²) in [5.41, 5.74) is 6.84. The Bertz CT molecular complexity index is 615. The number of hydrogen-bond acceptors (Lipinski definition) is 6. The maximum absolute atomic E-state index is 11.0. The van der Waals surface area contributed by atoms with Crippen LogP contribution < -0.4 is 11.1 Å². The lowest BCUT2D eigenvalue weighted by Crippen LogP contribution is -1.97. The van der Waals surface area contributed by atoms with Crippen LogP contribution in [0.1, 0.15) is 10.4 Å². The van der Waals surface area contributed by atoms with E-state index in [0.29, 0.717) is 33.6 Å². The first-order valence-corrected chi connectivity index (χ1v) is 5.92. The third kappa shape index (κ3) is 2.31. The van der Waals surface area contributed by atoms with Crippen LogP contribution in [0.4, 0.5) is 10.9 Å². The number of nitrogen functional groups attached to an aromatic ring is 1. The van der Waals surface area contributed by atoms with Gasteiger partial charge in [-0.3, -0.25) is 9.78 Å². The first kappa shape index (κ1) is 12.1. The lowest BCUT2D eigenvalue weighted by Gasteiger charge is -2.00. The molecule has 0 fully saturated rings. The summed E-state index contributed by atoms with van der Waals surface area (Å²) in [7, 11) is 0. The molecule has 0 aromatic carbocycles. The Morgan fingerprint density at radius 3 is 3.17 bits per heavy atom. The maximum Gasteiger partial charge on any atom is 0.186 e. The quantitative estimate of drug-likeness (QED) is 0.643. The second-order valence-corrected chi connectivity index (χ2v) is 4.35. The highest BCUT2D eigenvalue weighted by Gasteiger charge is 2.14. The highest BCUT2D eigenvalue weighted by atomic mass is 32.1. The van der Waals surface area contributed by atoms with Gasteiger partial charge in [-0.15, -0.1) is 6.42 Å². The average Bonchev–Trinajstić information content (AvgIpc) is 2.77. The summed E-state index contributed by atoms with van der Waals surface area (Å²) >= 11 is 1.32. The van der Waals surface area contributed by atoms with Crippen molar-refractivity contribution in [2.45, 2.75) is 0 Å². The van der Waals surface area contributed by atoms with Crippen molar-refractivity contribution in [3.8, 4) is 22.9 Å². The fourth-order valence-electron chi connectivity index (χ4n) is 1.41. The number of carbonyl (C=O) groups excluding carboxylic acids is 1. The molecule has 0 bridgehead atoms. The zero-order chi connectivity index (χ0) is 13.0. The van der Waals surface area contributed by atoms with E-state index in [0.717, 1.165) is 6.29 Å². The predicted molar refractivity (Wildman–Crippen MR) is 72.5 cm³/mol. The number of pyridine rings is 1. The van der Waals surface area contributed by atoms with E-state index >= 15 is 0 Å². The van der Waals surface area contributed by atoms with Gasteiger partial charge in [-0.1, -0.05) is 17.3 Å². The van der Waals surface area contributed by atoms with Crippen molar-refractivity contribution < 1.29 is 4.79 Å². The zero-order valence-corrected chi connectivity index (χ0v) is 10.2. The lowest BCUT2D eigenvalue weighted by atomic mass is 10.2. The topological polar surface area (TPSA) is 80.9 Å². The van der Waals surface area contributed by atoms with Gasteiger partial charge in [-0.2, -0.15) is 0 Å². The summed E-state index contributed by atoms with van der Waals surface area (Å²) in [6.07, 6.45) is 7.51. The minimum absolute atomic E-state index is 0.335. The van der Waals surface area contributed by atoms with Gasteiger partial charge in [-0.25, -0.2) is 4.98 Å². The van der Waals surface area contributed by atoms with Crippen molar-refractivity contribution in [3.05, 3.63) is 23.9 Å². The van der Waals surface area contributed by atoms with E-state index in [1.807, 2.05) is 0 Å². The minimum atomic E-state index is 0.335. The molecule has 0 amide bonds. The molecular formula is C12H10N4OS. The fraction of sp³-hybridized carbons (Fsp3) is 0.0833. The normalized spacial score (nSPS) is 9.72. The summed E-state index contributed by atoms with van der Waals surface area (Å²) in [6, 6.07) is 3.38. The molecule has 0 unspecified atom stereocenters. The summed E-state index contributed by atoms with van der Waals surface area (Å²) in [5.74, 6) is 2.78. The smallest absolute Gasteiger partial charge is 0.186 e. The number of anilines is 2. The van der Waals surface area contributed by atoms with Crippen LogP contribution in [0.25, 0.3) is 10.6 Å². The molecule has 5 nitrogen and oxygen atoms in total. The van der Waals surface area contributed by atoms with E-state index in [1.165, 1.54) is 11.3 Å². The molecule has 2 heterocycles. The van der Waals surface area contributed by atoms with Gasteiger partial charge in [0.2, 0.25) is 0 Å². The van der Waals surface area contributed by atoms with Crippen LogP contribution >= 0.6 is 11.3 Å². The van der Waals surface area contributed by atoms with E-state index < -0.39 is 0 Å². The lowest BCUT2D eigenvalue weighted by molar-refractivity contribution is 0.112. The summed E-state index contributed by atoms with van der Waals surface area (Å²) < 4.78 is 0. The molecule has 0 radical (unpaired) electrons. The summed E-state index contributed by atoms with van der Waals surface area (Å²) in [6.45, 7) is 0.370. The first-order chi connectivity index (χ1) is 8.76. The SMILES string of the molecule is C#CCNc1nc(N)c(-c2ncccc2C=O)s1. The van der Waals surface area contributed by atoms with Gasteiger partial charge >= 0.3 is 0 Å². The summed E-state index contributed by atoms with van der Waals surface area (Å²) in [4.78, 5) is 19.9. The Balaban J connectivity index is 2.42. The van der Waals surface area contributed by atoms with Gasteiger partial charge in [0.15, 0.2) is 11.4 Å². The Morgan fingerprint density at radius 2 is 2.44 bits per heavy atom. The van der Waals surface area contributed by atoms with E-state index in [2.05, 4.69) is 21.2 Å². The molecule has 0 saturated heterocycles. The Hall–Kier alpha value is -2.39. The minimum Gasteiger partial charge on any atom is -0.382 e. The second kappa shape index (κ2) is 5.29. The zero-order valence-electron chi connectivity index (χ0n) is 9.38. The van der Waals surface area contributed by atoms with Crippen LogP contribution in [0, 0.1) is 12.3 Å². The fourth-order valence-corrected chi connectivity index (χ4v) is 2.31. The first-order valence-electron chi connectivity index (χ1n) is 5.10.